The molecule has 10 heteroatoms. The van der Waals surface area contributed by atoms with E-state index in [0.29, 0.717) is 36.3 Å². The number of nitrogen functional groups attached to an aromatic ring is 1. The number of nitriles is 1. The maximum absolute atomic E-state index is 11.3. The Kier molecular flexibility index (Phi) is 7.72. The molecule has 3 N–H and O–H groups in total. The monoisotopic (exact) mass is 417 g/mol. The Morgan fingerprint density at radius 2 is 2.23 bits per heavy atom. The molecule has 162 valence electrons. The van der Waals surface area contributed by atoms with Crippen LogP contribution in [0.4, 0.5) is 5.82 Å². The highest BCUT2D eigenvalue weighted by atomic mass is 16.6. The molecular formula is C20H27N5O5. The van der Waals surface area contributed by atoms with Gasteiger partial charge < -0.3 is 20.3 Å². The second-order valence-corrected chi connectivity index (χ2v) is 7.41. The second-order valence-electron chi connectivity index (χ2n) is 7.41. The largest absolute Gasteiger partial charge is 0.481 e. The molecule has 0 spiro atoms. The average Bonchev–Trinajstić information content (AvgIpc) is 3.31. The molecule has 1 saturated heterocycles. The van der Waals surface area contributed by atoms with Crippen LogP contribution in [-0.2, 0) is 24.7 Å². The van der Waals surface area contributed by atoms with E-state index in [1.165, 1.54) is 6.33 Å². The highest BCUT2D eigenvalue weighted by Gasteiger charge is 2.44. The van der Waals surface area contributed by atoms with Crippen molar-refractivity contribution >= 4 is 23.3 Å². The van der Waals surface area contributed by atoms with Gasteiger partial charge in [0.2, 0.25) is 0 Å². The van der Waals surface area contributed by atoms with Crippen molar-refractivity contribution in [2.24, 2.45) is 5.92 Å². The first-order valence-corrected chi connectivity index (χ1v) is 9.77. The Morgan fingerprint density at radius 3 is 2.80 bits per heavy atom. The van der Waals surface area contributed by atoms with Crippen LogP contribution in [0, 0.1) is 17.2 Å². The number of fused-ring (bicyclic) bond motifs is 1. The minimum Gasteiger partial charge on any atom is -0.481 e. The lowest BCUT2D eigenvalue weighted by atomic mass is 9.98. The summed E-state index contributed by atoms with van der Waals surface area (Å²) in [6.45, 7) is 5.65. The van der Waals surface area contributed by atoms with Gasteiger partial charge in [-0.1, -0.05) is 20.8 Å². The molecule has 0 amide bonds. The number of aliphatic carboxylic acids is 1. The third-order valence-electron chi connectivity index (χ3n) is 4.56. The van der Waals surface area contributed by atoms with Crippen molar-refractivity contribution in [3.63, 3.8) is 0 Å². The van der Waals surface area contributed by atoms with E-state index in [2.05, 4.69) is 16.2 Å². The predicted octanol–water partition coefficient (Wildman–Crippen LogP) is 2.28. The molecule has 0 aliphatic carbocycles. The molecule has 2 aromatic heterocycles. The Balaban J connectivity index is 0.000000396. The third-order valence-corrected chi connectivity index (χ3v) is 4.56. The van der Waals surface area contributed by atoms with Crippen molar-refractivity contribution in [1.29, 1.82) is 5.26 Å². The Bertz CT molecular complexity index is 935. The molecule has 0 aromatic carbocycles. The lowest BCUT2D eigenvalue weighted by Crippen LogP contribution is -2.28. The molecule has 0 radical (unpaired) electrons. The Labute approximate surface area is 174 Å². The van der Waals surface area contributed by atoms with Crippen molar-refractivity contribution < 1.29 is 24.2 Å². The number of ether oxygens (including phenoxy) is 2. The molecule has 1 aliphatic heterocycles. The lowest BCUT2D eigenvalue weighted by molar-refractivity contribution is -0.148. The molecule has 3 heterocycles. The molecule has 3 rings (SSSR count). The fraction of sp³-hybridized carbons (Fsp3) is 0.550. The van der Waals surface area contributed by atoms with Gasteiger partial charge in [-0.2, -0.15) is 10.4 Å². The molecule has 10 nitrogen and oxygen atoms in total. The summed E-state index contributed by atoms with van der Waals surface area (Å²) < 4.78 is 12.6. The molecule has 1 aliphatic rings. The standard InChI is InChI=1S/C15H17N5O3.C5H10O2/c1-2-13(21)22-7-10-5-6-15(8-16,23-10)12-4-3-11-14(17)18-9-19-20(11)12;1-4(2)3-5(6)7/h3-4,9-10H,2,5-7H2,1H3,(H2,17,18,19);4H,3H2,1-2H3,(H,6,7). The minimum absolute atomic E-state index is 0.149. The average molecular weight is 417 g/mol. The van der Waals surface area contributed by atoms with E-state index in [9.17, 15) is 14.9 Å². The van der Waals surface area contributed by atoms with Gasteiger partial charge in [-0.25, -0.2) is 9.50 Å². The molecule has 2 aromatic rings. The van der Waals surface area contributed by atoms with Crippen LogP contribution in [0.3, 0.4) is 0 Å². The van der Waals surface area contributed by atoms with Crippen molar-refractivity contribution in [2.75, 3.05) is 12.3 Å². The number of nitrogens with two attached hydrogens (primary N) is 1. The van der Waals surface area contributed by atoms with Crippen LogP contribution in [0.25, 0.3) is 5.52 Å². The summed E-state index contributed by atoms with van der Waals surface area (Å²) in [6, 6.07) is 5.77. The van der Waals surface area contributed by atoms with Gasteiger partial charge in [-0.15, -0.1) is 0 Å². The van der Waals surface area contributed by atoms with Crippen molar-refractivity contribution in [1.82, 2.24) is 14.6 Å². The first kappa shape index (κ1) is 23.1. The zero-order valence-corrected chi connectivity index (χ0v) is 17.4. The van der Waals surface area contributed by atoms with E-state index in [-0.39, 0.29) is 31.0 Å². The highest BCUT2D eigenvalue weighted by Crippen LogP contribution is 2.39. The minimum atomic E-state index is -1.13. The molecule has 0 bridgehead atoms. The van der Waals surface area contributed by atoms with Crippen LogP contribution in [0.15, 0.2) is 18.5 Å². The normalized spacial score (nSPS) is 20.4. The van der Waals surface area contributed by atoms with Crippen molar-refractivity contribution in [3.05, 3.63) is 24.2 Å². The topological polar surface area (TPSA) is 153 Å². The van der Waals surface area contributed by atoms with Gasteiger partial charge in [0, 0.05) is 12.8 Å². The number of esters is 1. The van der Waals surface area contributed by atoms with Crippen LogP contribution in [0.1, 0.15) is 52.1 Å². The number of hydrogen-bond acceptors (Lipinski definition) is 8. The smallest absolute Gasteiger partial charge is 0.305 e. The van der Waals surface area contributed by atoms with E-state index >= 15 is 0 Å². The molecular weight excluding hydrogens is 390 g/mol. The Morgan fingerprint density at radius 1 is 1.50 bits per heavy atom. The number of carboxylic acid groups (broad SMARTS) is 1. The molecule has 1 fully saturated rings. The first-order valence-electron chi connectivity index (χ1n) is 9.77. The molecule has 2 atom stereocenters. The van der Waals surface area contributed by atoms with Gasteiger partial charge in [-0.05, 0) is 30.9 Å². The summed E-state index contributed by atoms with van der Waals surface area (Å²) in [5, 5.41) is 21.9. The fourth-order valence-electron chi connectivity index (χ4n) is 3.11. The van der Waals surface area contributed by atoms with Crippen molar-refractivity contribution in [3.8, 4) is 6.07 Å². The van der Waals surface area contributed by atoms with Crippen LogP contribution in [0.5, 0.6) is 0 Å². The highest BCUT2D eigenvalue weighted by molar-refractivity contribution is 5.69. The lowest BCUT2D eigenvalue weighted by Gasteiger charge is -2.21. The fourth-order valence-corrected chi connectivity index (χ4v) is 3.11. The number of carboxylic acids is 1. The summed E-state index contributed by atoms with van der Waals surface area (Å²) in [5.41, 5.74) is 5.93. The van der Waals surface area contributed by atoms with Gasteiger partial charge >= 0.3 is 11.9 Å². The second kappa shape index (κ2) is 10.0. The molecule has 0 saturated carbocycles. The van der Waals surface area contributed by atoms with Gasteiger partial charge in [0.05, 0.1) is 11.8 Å². The zero-order valence-electron chi connectivity index (χ0n) is 17.4. The zero-order chi connectivity index (χ0) is 22.3. The maximum atomic E-state index is 11.3. The van der Waals surface area contributed by atoms with E-state index < -0.39 is 11.6 Å². The quantitative estimate of drug-likeness (QED) is 0.674. The number of carbonyl (C=O) groups is 2. The maximum Gasteiger partial charge on any atom is 0.305 e. The third kappa shape index (κ3) is 5.45. The summed E-state index contributed by atoms with van der Waals surface area (Å²) in [7, 11) is 0. The number of carbonyl (C=O) groups excluding carboxylic acids is 1. The number of rotatable bonds is 6. The SMILES string of the molecule is CC(C)CC(=O)O.CCC(=O)OCC1CCC(C#N)(c2ccc3c(N)ncnn23)O1. The first-order chi connectivity index (χ1) is 14.2. The van der Waals surface area contributed by atoms with Crippen LogP contribution in [-0.4, -0.2) is 44.4 Å². The van der Waals surface area contributed by atoms with Crippen molar-refractivity contribution in [2.45, 2.75) is 58.2 Å². The summed E-state index contributed by atoms with van der Waals surface area (Å²) in [6.07, 6.45) is 2.74. The van der Waals surface area contributed by atoms with E-state index in [1.54, 1.807) is 23.6 Å². The van der Waals surface area contributed by atoms with Crippen LogP contribution in [0.2, 0.25) is 0 Å². The van der Waals surface area contributed by atoms with Crippen LogP contribution < -0.4 is 5.73 Å². The van der Waals surface area contributed by atoms with Gasteiger partial charge in [0.1, 0.15) is 24.5 Å². The summed E-state index contributed by atoms with van der Waals surface area (Å²) in [5.74, 6) is -0.380. The van der Waals surface area contributed by atoms with Gasteiger partial charge in [0.15, 0.2) is 11.4 Å². The van der Waals surface area contributed by atoms with Crippen LogP contribution >= 0.6 is 0 Å². The molecule has 2 unspecified atom stereocenters. The van der Waals surface area contributed by atoms with E-state index in [0.717, 1.165) is 0 Å². The van der Waals surface area contributed by atoms with E-state index in [4.69, 9.17) is 20.3 Å². The number of nitrogens with zero attached hydrogens (tertiary/aromatic N) is 4. The number of anilines is 1. The van der Waals surface area contributed by atoms with Gasteiger partial charge in [-0.3, -0.25) is 9.59 Å². The number of hydrogen-bond donors (Lipinski definition) is 2. The Hall–Kier alpha value is -3.19. The number of aromatic nitrogens is 3. The predicted molar refractivity (Wildman–Crippen MR) is 107 cm³/mol. The molecule has 30 heavy (non-hydrogen) atoms. The van der Waals surface area contributed by atoms with E-state index in [1.807, 2.05) is 13.8 Å². The van der Waals surface area contributed by atoms with Gasteiger partial charge in [0.25, 0.3) is 0 Å². The summed E-state index contributed by atoms with van der Waals surface area (Å²) >= 11 is 0. The summed E-state index contributed by atoms with van der Waals surface area (Å²) in [4.78, 5) is 25.0.